The molecule has 2 aliphatic carbocycles. The third-order valence-electron chi connectivity index (χ3n) is 6.64. The molecule has 146 valence electrons. The fourth-order valence-electron chi connectivity index (χ4n) is 5.61. The van der Waals surface area contributed by atoms with Crippen LogP contribution in [0.1, 0.15) is 45.1 Å². The normalized spacial score (nSPS) is 42.4. The molecule has 5 rings (SSSR count). The Balaban J connectivity index is 1.39. The maximum atomic E-state index is 12.8. The van der Waals surface area contributed by atoms with Gasteiger partial charge in [-0.25, -0.2) is 0 Å². The van der Waals surface area contributed by atoms with Crippen LogP contribution in [0.4, 0.5) is 0 Å². The lowest BCUT2D eigenvalue weighted by atomic mass is 9.62. The van der Waals surface area contributed by atoms with Gasteiger partial charge in [-0.05, 0) is 44.6 Å². The lowest BCUT2D eigenvalue weighted by Gasteiger charge is -2.46. The SMILES string of the molecule is CC1(C)O[C@H]2O[C@H]3[C@H]([C@H]2O1)[C@H]1C(=O)CCCC1C[C@@H]3OCc1ccccc1. The monoisotopic (exact) mass is 372 g/mol. The number of Topliss-reactive ketones (excluding diaryl/α,β-unsaturated/α-hetero) is 1. The van der Waals surface area contributed by atoms with Crippen LogP contribution in [0.3, 0.4) is 0 Å². The molecule has 0 spiro atoms. The zero-order valence-electron chi connectivity index (χ0n) is 16.0. The third-order valence-corrected chi connectivity index (χ3v) is 6.64. The van der Waals surface area contributed by atoms with Crippen LogP contribution in [0.25, 0.3) is 0 Å². The highest BCUT2D eigenvalue weighted by Crippen LogP contribution is 2.53. The second kappa shape index (κ2) is 6.66. The molecule has 2 saturated carbocycles. The van der Waals surface area contributed by atoms with Gasteiger partial charge in [0.2, 0.25) is 0 Å². The number of ketones is 1. The molecule has 5 nitrogen and oxygen atoms in total. The molecule has 1 aromatic rings. The number of carbonyl (C=O) groups is 1. The van der Waals surface area contributed by atoms with Gasteiger partial charge >= 0.3 is 0 Å². The maximum absolute atomic E-state index is 12.8. The van der Waals surface area contributed by atoms with Gasteiger partial charge in [0.15, 0.2) is 12.1 Å². The Hall–Kier alpha value is -1.27. The van der Waals surface area contributed by atoms with Crippen molar-refractivity contribution in [2.24, 2.45) is 17.8 Å². The second-order valence-electron chi connectivity index (χ2n) is 8.86. The van der Waals surface area contributed by atoms with Gasteiger partial charge in [-0.15, -0.1) is 0 Å². The largest absolute Gasteiger partial charge is 0.371 e. The van der Waals surface area contributed by atoms with Crippen molar-refractivity contribution in [1.29, 1.82) is 0 Å². The van der Waals surface area contributed by atoms with Crippen LogP contribution < -0.4 is 0 Å². The Kier molecular flexibility index (Phi) is 4.39. The van der Waals surface area contributed by atoms with E-state index >= 15 is 0 Å². The van der Waals surface area contributed by atoms with Crippen molar-refractivity contribution in [2.45, 2.75) is 76.5 Å². The zero-order chi connectivity index (χ0) is 18.6. The van der Waals surface area contributed by atoms with Crippen molar-refractivity contribution in [1.82, 2.24) is 0 Å². The van der Waals surface area contributed by atoms with E-state index in [0.29, 0.717) is 24.7 Å². The highest BCUT2D eigenvalue weighted by Gasteiger charge is 2.63. The third kappa shape index (κ3) is 3.15. The molecule has 0 aromatic heterocycles. The predicted molar refractivity (Wildman–Crippen MR) is 97.7 cm³/mol. The Bertz CT molecular complexity index is 702. The molecule has 0 N–H and O–H groups in total. The Morgan fingerprint density at radius 3 is 2.78 bits per heavy atom. The van der Waals surface area contributed by atoms with Crippen molar-refractivity contribution in [2.75, 3.05) is 0 Å². The van der Waals surface area contributed by atoms with Gasteiger partial charge in [0.25, 0.3) is 0 Å². The predicted octanol–water partition coefficient (Wildman–Crippen LogP) is 3.45. The van der Waals surface area contributed by atoms with Crippen LogP contribution in [-0.2, 0) is 30.3 Å². The lowest BCUT2D eigenvalue weighted by molar-refractivity contribution is -0.236. The summed E-state index contributed by atoms with van der Waals surface area (Å²) in [5.41, 5.74) is 1.16. The summed E-state index contributed by atoms with van der Waals surface area (Å²) >= 11 is 0. The Labute approximate surface area is 160 Å². The highest BCUT2D eigenvalue weighted by molar-refractivity contribution is 5.82. The van der Waals surface area contributed by atoms with Crippen molar-refractivity contribution >= 4 is 5.78 Å². The van der Waals surface area contributed by atoms with Crippen LogP contribution in [-0.4, -0.2) is 36.2 Å². The molecule has 2 aliphatic heterocycles. The summed E-state index contributed by atoms with van der Waals surface area (Å²) in [4.78, 5) is 12.8. The molecule has 5 heteroatoms. The number of fused-ring (bicyclic) bond motifs is 5. The van der Waals surface area contributed by atoms with E-state index in [1.807, 2.05) is 32.0 Å². The molecule has 4 fully saturated rings. The molecular weight excluding hydrogens is 344 g/mol. The number of ether oxygens (including phenoxy) is 4. The summed E-state index contributed by atoms with van der Waals surface area (Å²) in [6.07, 6.45) is 2.90. The summed E-state index contributed by atoms with van der Waals surface area (Å²) in [5, 5.41) is 0. The number of hydrogen-bond acceptors (Lipinski definition) is 5. The van der Waals surface area contributed by atoms with E-state index < -0.39 is 12.1 Å². The molecule has 0 bridgehead atoms. The summed E-state index contributed by atoms with van der Waals surface area (Å²) in [5.74, 6) is 0.130. The van der Waals surface area contributed by atoms with E-state index in [0.717, 1.165) is 24.8 Å². The van der Waals surface area contributed by atoms with E-state index in [-0.39, 0.29) is 30.1 Å². The van der Waals surface area contributed by atoms with Crippen LogP contribution in [0.2, 0.25) is 0 Å². The zero-order valence-corrected chi connectivity index (χ0v) is 16.0. The standard InChI is InChI=1S/C22H28O5/c1-22(2)26-20-18-17-14(9-6-10-15(17)23)11-16(19(18)25-21(20)27-22)24-12-13-7-4-3-5-8-13/h3-5,7-8,14,16-21H,6,9-12H2,1-2H3/t14?,16-,17+,18+,19+,20+,21+/m0/s1. The first-order chi connectivity index (χ1) is 13.0. The van der Waals surface area contributed by atoms with Gasteiger partial charge in [0, 0.05) is 18.3 Å². The number of hydrogen-bond donors (Lipinski definition) is 0. The Morgan fingerprint density at radius 1 is 1.15 bits per heavy atom. The van der Waals surface area contributed by atoms with Gasteiger partial charge in [0.05, 0.1) is 18.8 Å². The first kappa shape index (κ1) is 17.8. The molecular formula is C22H28O5. The van der Waals surface area contributed by atoms with E-state index in [1.54, 1.807) is 0 Å². The molecule has 2 saturated heterocycles. The van der Waals surface area contributed by atoms with Gasteiger partial charge in [-0.2, -0.15) is 0 Å². The van der Waals surface area contributed by atoms with E-state index in [4.69, 9.17) is 18.9 Å². The topological polar surface area (TPSA) is 54.0 Å². The number of benzene rings is 1. The summed E-state index contributed by atoms with van der Waals surface area (Å²) in [6, 6.07) is 10.2. The minimum Gasteiger partial charge on any atom is -0.371 e. The summed E-state index contributed by atoms with van der Waals surface area (Å²) < 4.78 is 24.8. The maximum Gasteiger partial charge on any atom is 0.187 e. The molecule has 0 radical (unpaired) electrons. The molecule has 2 heterocycles. The van der Waals surface area contributed by atoms with E-state index in [2.05, 4.69) is 12.1 Å². The van der Waals surface area contributed by atoms with Crippen molar-refractivity contribution in [3.05, 3.63) is 35.9 Å². The van der Waals surface area contributed by atoms with Gasteiger partial charge in [-0.3, -0.25) is 4.79 Å². The molecule has 7 atom stereocenters. The summed E-state index contributed by atoms with van der Waals surface area (Å²) in [7, 11) is 0. The quantitative estimate of drug-likeness (QED) is 0.813. The lowest BCUT2D eigenvalue weighted by Crippen LogP contribution is -2.53. The van der Waals surface area contributed by atoms with Crippen molar-refractivity contribution < 1.29 is 23.7 Å². The molecule has 4 aliphatic rings. The van der Waals surface area contributed by atoms with Gasteiger partial charge < -0.3 is 18.9 Å². The number of rotatable bonds is 3. The minimum atomic E-state index is -0.661. The van der Waals surface area contributed by atoms with Crippen LogP contribution >= 0.6 is 0 Å². The molecule has 1 unspecified atom stereocenters. The van der Waals surface area contributed by atoms with Crippen LogP contribution in [0, 0.1) is 17.8 Å². The molecule has 27 heavy (non-hydrogen) atoms. The average Bonchev–Trinajstić information content (AvgIpc) is 3.13. The van der Waals surface area contributed by atoms with E-state index in [9.17, 15) is 4.79 Å². The Morgan fingerprint density at radius 2 is 1.96 bits per heavy atom. The fraction of sp³-hybridized carbons (Fsp3) is 0.682. The van der Waals surface area contributed by atoms with E-state index in [1.165, 1.54) is 0 Å². The average molecular weight is 372 g/mol. The van der Waals surface area contributed by atoms with Crippen molar-refractivity contribution in [3.8, 4) is 0 Å². The first-order valence-electron chi connectivity index (χ1n) is 10.2. The molecule has 1 aromatic carbocycles. The van der Waals surface area contributed by atoms with Crippen molar-refractivity contribution in [3.63, 3.8) is 0 Å². The van der Waals surface area contributed by atoms with Gasteiger partial charge in [0.1, 0.15) is 11.9 Å². The number of carbonyl (C=O) groups excluding carboxylic acids is 1. The first-order valence-corrected chi connectivity index (χ1v) is 10.2. The minimum absolute atomic E-state index is 0.0211. The fourth-order valence-corrected chi connectivity index (χ4v) is 5.61. The highest BCUT2D eigenvalue weighted by atomic mass is 16.8. The summed E-state index contributed by atoms with van der Waals surface area (Å²) in [6.45, 7) is 4.39. The smallest absolute Gasteiger partial charge is 0.187 e. The van der Waals surface area contributed by atoms with Crippen LogP contribution in [0.15, 0.2) is 30.3 Å². The molecule has 0 amide bonds. The second-order valence-corrected chi connectivity index (χ2v) is 8.86. The van der Waals surface area contributed by atoms with Crippen LogP contribution in [0.5, 0.6) is 0 Å². The van der Waals surface area contributed by atoms with Gasteiger partial charge in [-0.1, -0.05) is 30.3 Å².